The average Bonchev–Trinajstić information content (AvgIpc) is 3.00. The lowest BCUT2D eigenvalue weighted by Crippen LogP contribution is -2.13. The predicted molar refractivity (Wildman–Crippen MR) is 79.0 cm³/mol. The van der Waals surface area contributed by atoms with Gasteiger partial charge in [0.1, 0.15) is 17.9 Å². The van der Waals surface area contributed by atoms with Crippen LogP contribution in [-0.2, 0) is 11.4 Å². The number of carboxylic acid groups (broad SMARTS) is 1. The molecule has 1 N–H and O–H groups in total. The largest absolute Gasteiger partial charge is 0.489 e. The number of benzene rings is 2. The molecule has 0 amide bonds. The second kappa shape index (κ2) is 5.73. The SMILES string of the molecule is O=C(O)C(=O)c1cc(OCc2ccccc2)cc2ccoc12. The van der Waals surface area contributed by atoms with Gasteiger partial charge in [0, 0.05) is 5.39 Å². The van der Waals surface area contributed by atoms with Crippen molar-refractivity contribution in [1.29, 1.82) is 0 Å². The predicted octanol–water partition coefficient (Wildman–Crippen LogP) is 3.28. The fraction of sp³-hybridized carbons (Fsp3) is 0.0588. The Hall–Kier alpha value is -3.08. The maximum atomic E-state index is 11.8. The Labute approximate surface area is 125 Å². The van der Waals surface area contributed by atoms with Crippen molar-refractivity contribution in [2.24, 2.45) is 0 Å². The van der Waals surface area contributed by atoms with Crippen LogP contribution in [0.5, 0.6) is 5.75 Å². The van der Waals surface area contributed by atoms with Gasteiger partial charge >= 0.3 is 5.97 Å². The summed E-state index contributed by atoms with van der Waals surface area (Å²) in [6.45, 7) is 0.324. The standard InChI is InChI=1S/C17H12O5/c18-15(17(19)20)14-9-13(8-12-6-7-21-16(12)14)22-10-11-4-2-1-3-5-11/h1-9H,10H2,(H,19,20). The normalized spacial score (nSPS) is 10.5. The first-order chi connectivity index (χ1) is 10.6. The maximum Gasteiger partial charge on any atom is 0.377 e. The molecule has 110 valence electrons. The topological polar surface area (TPSA) is 76.7 Å². The Morgan fingerprint density at radius 2 is 1.86 bits per heavy atom. The molecule has 0 aliphatic rings. The van der Waals surface area contributed by atoms with Crippen molar-refractivity contribution in [3.05, 3.63) is 65.9 Å². The zero-order valence-electron chi connectivity index (χ0n) is 11.5. The van der Waals surface area contributed by atoms with Crippen LogP contribution in [0.1, 0.15) is 15.9 Å². The van der Waals surface area contributed by atoms with E-state index < -0.39 is 11.8 Å². The van der Waals surface area contributed by atoms with Crippen LogP contribution >= 0.6 is 0 Å². The lowest BCUT2D eigenvalue weighted by Gasteiger charge is -2.08. The Morgan fingerprint density at radius 3 is 2.59 bits per heavy atom. The number of Topliss-reactive ketones (excluding diaryl/α,β-unsaturated/α-hetero) is 1. The molecule has 0 aliphatic heterocycles. The van der Waals surface area contributed by atoms with Gasteiger partial charge < -0.3 is 14.3 Å². The second-order valence-electron chi connectivity index (χ2n) is 4.72. The number of ether oxygens (including phenoxy) is 1. The van der Waals surface area contributed by atoms with E-state index in [1.54, 1.807) is 12.1 Å². The maximum absolute atomic E-state index is 11.8. The molecule has 0 atom stereocenters. The first kappa shape index (κ1) is 13.9. The highest BCUT2D eigenvalue weighted by Crippen LogP contribution is 2.27. The molecule has 3 rings (SSSR count). The third-order valence-corrected chi connectivity index (χ3v) is 3.21. The van der Waals surface area contributed by atoms with E-state index >= 15 is 0 Å². The molecule has 0 spiro atoms. The number of hydrogen-bond acceptors (Lipinski definition) is 4. The van der Waals surface area contributed by atoms with E-state index in [1.807, 2.05) is 30.3 Å². The summed E-state index contributed by atoms with van der Waals surface area (Å²) in [7, 11) is 0. The Balaban J connectivity index is 1.93. The summed E-state index contributed by atoms with van der Waals surface area (Å²) in [4.78, 5) is 22.7. The third-order valence-electron chi connectivity index (χ3n) is 3.21. The molecule has 5 nitrogen and oxygen atoms in total. The van der Waals surface area contributed by atoms with Crippen LogP contribution in [0.15, 0.2) is 59.2 Å². The van der Waals surface area contributed by atoms with Gasteiger partial charge in [-0.15, -0.1) is 0 Å². The number of hydrogen-bond donors (Lipinski definition) is 1. The van der Waals surface area contributed by atoms with Gasteiger partial charge in [0.2, 0.25) is 0 Å². The van der Waals surface area contributed by atoms with Gasteiger partial charge in [-0.3, -0.25) is 4.79 Å². The minimum atomic E-state index is -1.53. The van der Waals surface area contributed by atoms with Crippen LogP contribution in [0.2, 0.25) is 0 Å². The van der Waals surface area contributed by atoms with Gasteiger partial charge in [-0.25, -0.2) is 4.79 Å². The van der Waals surface area contributed by atoms with E-state index in [2.05, 4.69) is 0 Å². The summed E-state index contributed by atoms with van der Waals surface area (Å²) >= 11 is 0. The molecule has 0 radical (unpaired) electrons. The molecule has 5 heteroatoms. The summed E-state index contributed by atoms with van der Waals surface area (Å²) in [6, 6.07) is 14.3. The van der Waals surface area contributed by atoms with Crippen LogP contribution in [-0.4, -0.2) is 16.9 Å². The molecule has 0 aliphatic carbocycles. The van der Waals surface area contributed by atoms with Crippen LogP contribution in [0, 0.1) is 0 Å². The summed E-state index contributed by atoms with van der Waals surface area (Å²) in [5.41, 5.74) is 1.21. The van der Waals surface area contributed by atoms with Crippen LogP contribution < -0.4 is 4.74 Å². The zero-order chi connectivity index (χ0) is 15.5. The summed E-state index contributed by atoms with van der Waals surface area (Å²) in [6.07, 6.45) is 1.41. The molecule has 2 aromatic carbocycles. The minimum Gasteiger partial charge on any atom is -0.489 e. The number of fused-ring (bicyclic) bond motifs is 1. The van der Waals surface area contributed by atoms with Gasteiger partial charge in [-0.05, 0) is 23.8 Å². The minimum absolute atomic E-state index is 0.0157. The average molecular weight is 296 g/mol. The first-order valence-corrected chi connectivity index (χ1v) is 6.61. The van der Waals surface area contributed by atoms with E-state index in [0.717, 1.165) is 5.56 Å². The molecule has 3 aromatic rings. The molecular formula is C17H12O5. The van der Waals surface area contributed by atoms with Gasteiger partial charge in [-0.1, -0.05) is 30.3 Å². The van der Waals surface area contributed by atoms with E-state index in [4.69, 9.17) is 14.3 Å². The number of ketones is 1. The highest BCUT2D eigenvalue weighted by Gasteiger charge is 2.21. The van der Waals surface area contributed by atoms with E-state index in [1.165, 1.54) is 12.3 Å². The number of carbonyl (C=O) groups is 2. The van der Waals surface area contributed by atoms with Crippen molar-refractivity contribution in [2.45, 2.75) is 6.61 Å². The van der Waals surface area contributed by atoms with Gasteiger partial charge in [0.05, 0.1) is 11.8 Å². The molecule has 1 heterocycles. The lowest BCUT2D eigenvalue weighted by atomic mass is 10.1. The van der Waals surface area contributed by atoms with Gasteiger partial charge in [0.25, 0.3) is 5.78 Å². The highest BCUT2D eigenvalue weighted by molar-refractivity contribution is 6.42. The van der Waals surface area contributed by atoms with Crippen LogP contribution in [0.3, 0.4) is 0 Å². The van der Waals surface area contributed by atoms with E-state index in [9.17, 15) is 9.59 Å². The second-order valence-corrected chi connectivity index (χ2v) is 4.72. The molecule has 22 heavy (non-hydrogen) atoms. The highest BCUT2D eigenvalue weighted by atomic mass is 16.5. The zero-order valence-corrected chi connectivity index (χ0v) is 11.5. The van der Waals surface area contributed by atoms with Crippen molar-refractivity contribution in [3.8, 4) is 5.75 Å². The Bertz CT molecular complexity index is 833. The molecule has 0 saturated heterocycles. The Kier molecular flexibility index (Phi) is 3.62. The number of carboxylic acids is 1. The third kappa shape index (κ3) is 2.69. The molecular weight excluding hydrogens is 284 g/mol. The quantitative estimate of drug-likeness (QED) is 0.577. The molecule has 1 aromatic heterocycles. The number of rotatable bonds is 5. The summed E-state index contributed by atoms with van der Waals surface area (Å²) in [5.74, 6) is -2.13. The fourth-order valence-corrected chi connectivity index (χ4v) is 2.16. The number of aliphatic carboxylic acids is 1. The first-order valence-electron chi connectivity index (χ1n) is 6.61. The van der Waals surface area contributed by atoms with Crippen molar-refractivity contribution >= 4 is 22.7 Å². The molecule has 0 saturated carbocycles. The van der Waals surface area contributed by atoms with Gasteiger partial charge in [0.15, 0.2) is 0 Å². The summed E-state index contributed by atoms with van der Waals surface area (Å²) in [5, 5.41) is 9.52. The molecule has 0 unspecified atom stereocenters. The van der Waals surface area contributed by atoms with Crippen molar-refractivity contribution in [1.82, 2.24) is 0 Å². The number of furan rings is 1. The van der Waals surface area contributed by atoms with Crippen LogP contribution in [0.25, 0.3) is 11.0 Å². The fourth-order valence-electron chi connectivity index (χ4n) is 2.16. The van der Waals surface area contributed by atoms with Crippen molar-refractivity contribution in [3.63, 3.8) is 0 Å². The molecule has 0 fully saturated rings. The monoisotopic (exact) mass is 296 g/mol. The Morgan fingerprint density at radius 1 is 1.09 bits per heavy atom. The van der Waals surface area contributed by atoms with Gasteiger partial charge in [-0.2, -0.15) is 0 Å². The van der Waals surface area contributed by atoms with Crippen molar-refractivity contribution < 1.29 is 23.8 Å². The smallest absolute Gasteiger partial charge is 0.377 e. The van der Waals surface area contributed by atoms with Crippen molar-refractivity contribution in [2.75, 3.05) is 0 Å². The molecule has 0 bridgehead atoms. The summed E-state index contributed by atoms with van der Waals surface area (Å²) < 4.78 is 10.9. The van der Waals surface area contributed by atoms with E-state index in [0.29, 0.717) is 17.7 Å². The lowest BCUT2D eigenvalue weighted by molar-refractivity contribution is -0.131. The number of carbonyl (C=O) groups excluding carboxylic acids is 1. The van der Waals surface area contributed by atoms with E-state index in [-0.39, 0.29) is 11.1 Å². The van der Waals surface area contributed by atoms with Crippen LogP contribution in [0.4, 0.5) is 0 Å².